The minimum atomic E-state index is -0.868. The molecule has 0 aliphatic rings. The van der Waals surface area contributed by atoms with Crippen LogP contribution < -0.4 is 16.0 Å². The number of H-pyrrole nitrogens is 1. The smallest absolute Gasteiger partial charge is 0.268 e. The van der Waals surface area contributed by atoms with E-state index in [1.807, 2.05) is 0 Å². The van der Waals surface area contributed by atoms with E-state index < -0.39 is 11.7 Å². The normalized spacial score (nSPS) is 10.2. The van der Waals surface area contributed by atoms with Gasteiger partial charge in [-0.25, -0.2) is 9.37 Å². The topological polar surface area (TPSA) is 98.1 Å². The molecule has 0 unspecified atom stereocenters. The molecule has 0 bridgehead atoms. The largest absolute Gasteiger partial charge is 0.438 e. The van der Waals surface area contributed by atoms with Gasteiger partial charge in [-0.2, -0.15) is 0 Å². The Morgan fingerprint density at radius 2 is 2.21 bits per heavy atom. The fourth-order valence-corrected chi connectivity index (χ4v) is 1.71. The number of benzene rings is 1. The third-order valence-corrected chi connectivity index (χ3v) is 3.14. The highest BCUT2D eigenvalue weighted by atomic mass is 127. The summed E-state index contributed by atoms with van der Waals surface area (Å²) in [5, 5.41) is 0. The highest BCUT2D eigenvalue weighted by molar-refractivity contribution is 14.1. The van der Waals surface area contributed by atoms with Crippen molar-refractivity contribution in [1.29, 1.82) is 0 Å². The molecule has 3 N–H and O–H groups in total. The number of amides is 1. The average molecular weight is 375 g/mol. The van der Waals surface area contributed by atoms with Crippen molar-refractivity contribution >= 4 is 28.5 Å². The minimum absolute atomic E-state index is 0.0515. The SMILES string of the molecule is NC(=O)c1ccc(Oc2nc[nH]c(=O)c2I)cc1F. The van der Waals surface area contributed by atoms with E-state index in [2.05, 4.69) is 9.97 Å². The maximum Gasteiger partial charge on any atom is 0.268 e. The van der Waals surface area contributed by atoms with Gasteiger partial charge in [0.05, 0.1) is 11.9 Å². The first-order valence-corrected chi connectivity index (χ1v) is 6.07. The summed E-state index contributed by atoms with van der Waals surface area (Å²) in [5.41, 5.74) is 4.39. The van der Waals surface area contributed by atoms with Crippen molar-refractivity contribution in [2.24, 2.45) is 5.73 Å². The number of carbonyl (C=O) groups is 1. The number of aromatic nitrogens is 2. The molecule has 0 aliphatic carbocycles. The van der Waals surface area contributed by atoms with Gasteiger partial charge in [-0.05, 0) is 34.7 Å². The summed E-state index contributed by atoms with van der Waals surface area (Å²) in [6.45, 7) is 0. The highest BCUT2D eigenvalue weighted by Gasteiger charge is 2.12. The van der Waals surface area contributed by atoms with Gasteiger partial charge >= 0.3 is 0 Å². The molecule has 0 spiro atoms. The van der Waals surface area contributed by atoms with Crippen molar-refractivity contribution in [3.05, 3.63) is 49.8 Å². The second-order valence-corrected chi connectivity index (χ2v) is 4.54. The quantitative estimate of drug-likeness (QED) is 0.793. The summed E-state index contributed by atoms with van der Waals surface area (Å²) in [5.74, 6) is -1.51. The lowest BCUT2D eigenvalue weighted by atomic mass is 10.2. The number of nitrogens with zero attached hydrogens (tertiary/aromatic N) is 1. The highest BCUT2D eigenvalue weighted by Crippen LogP contribution is 2.23. The molecule has 1 amide bonds. The van der Waals surface area contributed by atoms with E-state index in [9.17, 15) is 14.0 Å². The maximum atomic E-state index is 13.5. The van der Waals surface area contributed by atoms with Gasteiger partial charge in [0.1, 0.15) is 15.1 Å². The number of primary amides is 1. The molecule has 0 fully saturated rings. The molecule has 8 heteroatoms. The standard InChI is InChI=1S/C11H7FIN3O3/c12-7-3-5(1-2-6(7)9(14)17)19-11-8(13)10(18)15-4-16-11/h1-4H,(H2,14,17)(H,15,16,18). The first-order valence-electron chi connectivity index (χ1n) is 4.99. The zero-order chi connectivity index (χ0) is 14.0. The summed E-state index contributed by atoms with van der Waals surface area (Å²) in [6, 6.07) is 3.56. The zero-order valence-electron chi connectivity index (χ0n) is 9.31. The van der Waals surface area contributed by atoms with Crippen molar-refractivity contribution in [3.63, 3.8) is 0 Å². The molecule has 2 aromatic rings. The number of nitrogens with one attached hydrogen (secondary N) is 1. The second kappa shape index (κ2) is 5.34. The summed E-state index contributed by atoms with van der Waals surface area (Å²) in [6.07, 6.45) is 1.17. The zero-order valence-corrected chi connectivity index (χ0v) is 11.5. The van der Waals surface area contributed by atoms with Crippen LogP contribution in [0.3, 0.4) is 0 Å². The Bertz CT molecular complexity index is 702. The Morgan fingerprint density at radius 1 is 1.47 bits per heavy atom. The number of carbonyl (C=O) groups excluding carboxylic acids is 1. The van der Waals surface area contributed by atoms with Crippen molar-refractivity contribution in [2.45, 2.75) is 0 Å². The number of halogens is 2. The molecule has 2 rings (SSSR count). The second-order valence-electron chi connectivity index (χ2n) is 3.46. The van der Waals surface area contributed by atoms with Crippen LogP contribution in [0.5, 0.6) is 11.6 Å². The van der Waals surface area contributed by atoms with Gasteiger partial charge in [0.2, 0.25) is 5.88 Å². The van der Waals surface area contributed by atoms with Crippen LogP contribution in [0.15, 0.2) is 29.3 Å². The average Bonchev–Trinajstić information content (AvgIpc) is 2.34. The lowest BCUT2D eigenvalue weighted by molar-refractivity contribution is 0.0996. The van der Waals surface area contributed by atoms with Gasteiger partial charge in [-0.15, -0.1) is 0 Å². The molecular weight excluding hydrogens is 368 g/mol. The molecule has 19 heavy (non-hydrogen) atoms. The number of rotatable bonds is 3. The Morgan fingerprint density at radius 3 is 2.84 bits per heavy atom. The van der Waals surface area contributed by atoms with Gasteiger partial charge in [0.15, 0.2) is 0 Å². The molecule has 0 radical (unpaired) electrons. The van der Waals surface area contributed by atoms with Crippen LogP contribution in [0.4, 0.5) is 4.39 Å². The van der Waals surface area contributed by atoms with Gasteiger partial charge in [0.25, 0.3) is 11.5 Å². The van der Waals surface area contributed by atoms with E-state index >= 15 is 0 Å². The predicted molar refractivity (Wildman–Crippen MR) is 72.6 cm³/mol. The molecule has 6 nitrogen and oxygen atoms in total. The van der Waals surface area contributed by atoms with Crippen molar-refractivity contribution in [2.75, 3.05) is 0 Å². The molecule has 98 valence electrons. The minimum Gasteiger partial charge on any atom is -0.438 e. The van der Waals surface area contributed by atoms with E-state index in [1.165, 1.54) is 18.5 Å². The summed E-state index contributed by atoms with van der Waals surface area (Å²) in [7, 11) is 0. The van der Waals surface area contributed by atoms with E-state index in [4.69, 9.17) is 10.5 Å². The molecular formula is C11H7FIN3O3. The Kier molecular flexibility index (Phi) is 3.79. The molecule has 0 aliphatic heterocycles. The monoisotopic (exact) mass is 375 g/mol. The molecule has 1 aromatic carbocycles. The van der Waals surface area contributed by atoms with Gasteiger partial charge < -0.3 is 15.5 Å². The third-order valence-electron chi connectivity index (χ3n) is 2.19. The molecule has 1 aromatic heterocycles. The van der Waals surface area contributed by atoms with Crippen molar-refractivity contribution in [3.8, 4) is 11.6 Å². The molecule has 0 atom stereocenters. The van der Waals surface area contributed by atoms with Gasteiger partial charge in [-0.1, -0.05) is 0 Å². The predicted octanol–water partition coefficient (Wildman–Crippen LogP) is 1.40. The third kappa shape index (κ3) is 2.89. The fourth-order valence-electron chi connectivity index (χ4n) is 1.31. The fraction of sp³-hybridized carbons (Fsp3) is 0. The van der Waals surface area contributed by atoms with Gasteiger partial charge in [-0.3, -0.25) is 9.59 Å². The van der Waals surface area contributed by atoms with Crippen molar-refractivity contribution in [1.82, 2.24) is 9.97 Å². The first-order chi connectivity index (χ1) is 8.99. The maximum absolute atomic E-state index is 13.5. The first kappa shape index (κ1) is 13.5. The van der Waals surface area contributed by atoms with Crippen molar-refractivity contribution < 1.29 is 13.9 Å². The number of aromatic amines is 1. The van der Waals surface area contributed by atoms with E-state index in [0.717, 1.165) is 6.07 Å². The molecule has 0 saturated carbocycles. The summed E-state index contributed by atoms with van der Waals surface area (Å²) >= 11 is 1.76. The van der Waals surface area contributed by atoms with E-state index in [1.54, 1.807) is 22.6 Å². The van der Waals surface area contributed by atoms with Crippen LogP contribution in [0.25, 0.3) is 0 Å². The van der Waals surface area contributed by atoms with E-state index in [-0.39, 0.29) is 26.3 Å². The lowest BCUT2D eigenvalue weighted by Crippen LogP contribution is -2.13. The molecule has 1 heterocycles. The summed E-state index contributed by atoms with van der Waals surface area (Å²) in [4.78, 5) is 28.4. The number of ether oxygens (including phenoxy) is 1. The Balaban J connectivity index is 2.34. The van der Waals surface area contributed by atoms with Crippen LogP contribution >= 0.6 is 22.6 Å². The van der Waals surface area contributed by atoms with E-state index in [0.29, 0.717) is 0 Å². The lowest BCUT2D eigenvalue weighted by Gasteiger charge is -2.06. The van der Waals surface area contributed by atoms with Crippen LogP contribution in [0.1, 0.15) is 10.4 Å². The number of hydrogen-bond donors (Lipinski definition) is 2. The number of hydrogen-bond acceptors (Lipinski definition) is 4. The Hall–Kier alpha value is -1.97. The van der Waals surface area contributed by atoms with Crippen LogP contribution in [-0.2, 0) is 0 Å². The molecule has 0 saturated heterocycles. The van der Waals surface area contributed by atoms with Gasteiger partial charge in [0, 0.05) is 6.07 Å². The van der Waals surface area contributed by atoms with Crippen LogP contribution in [0, 0.1) is 9.39 Å². The Labute approximate surface area is 119 Å². The van der Waals surface area contributed by atoms with Crippen LogP contribution in [0.2, 0.25) is 0 Å². The number of nitrogens with two attached hydrogens (primary N) is 1. The summed E-state index contributed by atoms with van der Waals surface area (Å²) < 4.78 is 19.0. The van der Waals surface area contributed by atoms with Crippen LogP contribution in [-0.4, -0.2) is 15.9 Å².